The summed E-state index contributed by atoms with van der Waals surface area (Å²) in [5, 5.41) is 13.4. The first-order chi connectivity index (χ1) is 10.7. The van der Waals surface area contributed by atoms with Crippen LogP contribution in [0.1, 0.15) is 17.4 Å². The molecular formula is C14H11ClN4O2S. The van der Waals surface area contributed by atoms with Crippen LogP contribution in [0.15, 0.2) is 29.6 Å². The monoisotopic (exact) mass is 334 g/mol. The second-order valence-electron chi connectivity index (χ2n) is 4.26. The van der Waals surface area contributed by atoms with E-state index in [0.717, 1.165) is 15.8 Å². The van der Waals surface area contributed by atoms with Gasteiger partial charge < -0.3 is 10.1 Å². The molecule has 2 heterocycles. The predicted octanol–water partition coefficient (Wildman–Crippen LogP) is 3.66. The van der Waals surface area contributed by atoms with Crippen molar-refractivity contribution in [3.05, 3.63) is 40.6 Å². The molecule has 0 unspecified atom stereocenters. The van der Waals surface area contributed by atoms with Crippen LogP contribution >= 0.6 is 22.9 Å². The van der Waals surface area contributed by atoms with Crippen LogP contribution in [0.3, 0.4) is 0 Å². The number of esters is 1. The number of halogens is 1. The topological polar surface area (TPSA) is 77.0 Å². The van der Waals surface area contributed by atoms with Crippen molar-refractivity contribution in [1.29, 1.82) is 0 Å². The number of rotatable bonds is 4. The van der Waals surface area contributed by atoms with E-state index in [9.17, 15) is 4.79 Å². The van der Waals surface area contributed by atoms with E-state index in [-0.39, 0.29) is 23.4 Å². The Hall–Kier alpha value is -2.25. The van der Waals surface area contributed by atoms with Crippen molar-refractivity contribution in [2.24, 2.45) is 0 Å². The molecule has 3 rings (SSSR count). The van der Waals surface area contributed by atoms with Gasteiger partial charge in [-0.2, -0.15) is 4.98 Å². The molecule has 112 valence electrons. The van der Waals surface area contributed by atoms with Gasteiger partial charge in [0.25, 0.3) is 0 Å². The lowest BCUT2D eigenvalue weighted by atomic mass is 10.2. The molecule has 22 heavy (non-hydrogen) atoms. The molecule has 0 fully saturated rings. The third-order valence-corrected chi connectivity index (χ3v) is 3.92. The molecule has 0 radical (unpaired) electrons. The Balaban J connectivity index is 2.02. The van der Waals surface area contributed by atoms with E-state index in [0.29, 0.717) is 0 Å². The van der Waals surface area contributed by atoms with Crippen molar-refractivity contribution in [2.75, 3.05) is 11.9 Å². The van der Waals surface area contributed by atoms with Crippen LogP contribution in [-0.2, 0) is 4.74 Å². The van der Waals surface area contributed by atoms with Crippen LogP contribution in [0.5, 0.6) is 0 Å². The Bertz CT molecular complexity index is 837. The normalized spacial score (nSPS) is 10.6. The van der Waals surface area contributed by atoms with Crippen LogP contribution < -0.4 is 5.32 Å². The standard InChI is InChI=1S/C14H11ClN4O2S/c1-2-21-13(20)11-12(17-14(15)19-18-11)16-9-4-3-5-10-8(9)6-7-22-10/h3-7H,2H2,1H3,(H,16,17,19). The molecule has 0 bridgehead atoms. The third kappa shape index (κ3) is 2.86. The zero-order valence-electron chi connectivity index (χ0n) is 11.5. The van der Waals surface area contributed by atoms with Crippen LogP contribution in [0, 0.1) is 0 Å². The van der Waals surface area contributed by atoms with Gasteiger partial charge in [-0.05, 0) is 42.1 Å². The number of nitrogens with one attached hydrogen (secondary N) is 1. The first-order valence-electron chi connectivity index (χ1n) is 6.49. The van der Waals surface area contributed by atoms with Crippen LogP contribution in [-0.4, -0.2) is 27.8 Å². The van der Waals surface area contributed by atoms with Gasteiger partial charge in [-0.3, -0.25) is 0 Å². The minimum atomic E-state index is -0.598. The summed E-state index contributed by atoms with van der Waals surface area (Å²) in [5.74, 6) is -0.378. The largest absolute Gasteiger partial charge is 0.461 e. The first kappa shape index (κ1) is 14.7. The lowest BCUT2D eigenvalue weighted by Crippen LogP contribution is -2.13. The van der Waals surface area contributed by atoms with Crippen molar-refractivity contribution in [3.8, 4) is 0 Å². The number of hydrogen-bond acceptors (Lipinski definition) is 7. The molecule has 0 saturated heterocycles. The lowest BCUT2D eigenvalue weighted by molar-refractivity contribution is 0.0519. The number of ether oxygens (including phenoxy) is 1. The fourth-order valence-electron chi connectivity index (χ4n) is 1.96. The number of aromatic nitrogens is 3. The molecule has 0 amide bonds. The van der Waals surface area contributed by atoms with E-state index in [2.05, 4.69) is 20.5 Å². The number of carbonyl (C=O) groups is 1. The van der Waals surface area contributed by atoms with Gasteiger partial charge in [-0.15, -0.1) is 21.5 Å². The van der Waals surface area contributed by atoms with E-state index in [1.165, 1.54) is 0 Å². The van der Waals surface area contributed by atoms with E-state index >= 15 is 0 Å². The predicted molar refractivity (Wildman–Crippen MR) is 85.9 cm³/mol. The van der Waals surface area contributed by atoms with E-state index < -0.39 is 5.97 Å². The number of fused-ring (bicyclic) bond motifs is 1. The average molecular weight is 335 g/mol. The van der Waals surface area contributed by atoms with E-state index in [1.807, 2.05) is 29.6 Å². The van der Waals surface area contributed by atoms with Gasteiger partial charge in [-0.1, -0.05) is 6.07 Å². The number of thiophene rings is 1. The Kier molecular flexibility index (Phi) is 4.17. The summed E-state index contributed by atoms with van der Waals surface area (Å²) in [7, 11) is 0. The zero-order chi connectivity index (χ0) is 15.5. The molecule has 3 aromatic rings. The van der Waals surface area contributed by atoms with Gasteiger partial charge in [0.2, 0.25) is 11.0 Å². The minimum Gasteiger partial charge on any atom is -0.461 e. The molecule has 0 aliphatic rings. The molecular weight excluding hydrogens is 324 g/mol. The summed E-state index contributed by atoms with van der Waals surface area (Å²) < 4.78 is 6.08. The summed E-state index contributed by atoms with van der Waals surface area (Å²) in [5.41, 5.74) is 0.805. The maximum Gasteiger partial charge on any atom is 0.362 e. The number of anilines is 2. The fraction of sp³-hybridized carbons (Fsp3) is 0.143. The first-order valence-corrected chi connectivity index (χ1v) is 7.75. The summed E-state index contributed by atoms with van der Waals surface area (Å²) in [6.07, 6.45) is 0. The van der Waals surface area contributed by atoms with Crippen molar-refractivity contribution in [2.45, 2.75) is 6.92 Å². The third-order valence-electron chi connectivity index (χ3n) is 2.88. The van der Waals surface area contributed by atoms with Crippen molar-refractivity contribution >= 4 is 50.5 Å². The summed E-state index contributed by atoms with van der Waals surface area (Å²) in [6, 6.07) is 7.81. The van der Waals surface area contributed by atoms with Crippen molar-refractivity contribution in [3.63, 3.8) is 0 Å². The Morgan fingerprint density at radius 3 is 3.05 bits per heavy atom. The molecule has 1 aromatic carbocycles. The van der Waals surface area contributed by atoms with Crippen molar-refractivity contribution in [1.82, 2.24) is 15.2 Å². The Morgan fingerprint density at radius 1 is 1.36 bits per heavy atom. The SMILES string of the molecule is CCOC(=O)c1nnc(Cl)nc1Nc1cccc2sccc12. The van der Waals surface area contributed by atoms with E-state index in [1.54, 1.807) is 18.3 Å². The van der Waals surface area contributed by atoms with Gasteiger partial charge >= 0.3 is 5.97 Å². The maximum absolute atomic E-state index is 11.9. The molecule has 6 nitrogen and oxygen atoms in total. The highest BCUT2D eigenvalue weighted by Crippen LogP contribution is 2.30. The summed E-state index contributed by atoms with van der Waals surface area (Å²) in [6.45, 7) is 1.95. The Labute approximate surface area is 135 Å². The molecule has 8 heteroatoms. The zero-order valence-corrected chi connectivity index (χ0v) is 13.1. The van der Waals surface area contributed by atoms with Crippen LogP contribution in [0.2, 0.25) is 5.28 Å². The molecule has 0 saturated carbocycles. The second-order valence-corrected chi connectivity index (χ2v) is 5.55. The van der Waals surface area contributed by atoms with Gasteiger partial charge in [-0.25, -0.2) is 4.79 Å². The van der Waals surface area contributed by atoms with E-state index in [4.69, 9.17) is 16.3 Å². The highest BCUT2D eigenvalue weighted by Gasteiger charge is 2.18. The molecule has 2 aromatic heterocycles. The van der Waals surface area contributed by atoms with Gasteiger partial charge in [0, 0.05) is 15.8 Å². The molecule has 0 aliphatic heterocycles. The highest BCUT2D eigenvalue weighted by atomic mass is 35.5. The van der Waals surface area contributed by atoms with Gasteiger partial charge in [0.05, 0.1) is 6.61 Å². The quantitative estimate of drug-likeness (QED) is 0.734. The van der Waals surface area contributed by atoms with Crippen LogP contribution in [0.25, 0.3) is 10.1 Å². The average Bonchev–Trinajstić information content (AvgIpc) is 2.97. The smallest absolute Gasteiger partial charge is 0.362 e. The fourth-order valence-corrected chi connectivity index (χ4v) is 2.90. The Morgan fingerprint density at radius 2 is 2.23 bits per heavy atom. The number of nitrogens with zero attached hydrogens (tertiary/aromatic N) is 3. The second kappa shape index (κ2) is 6.25. The lowest BCUT2D eigenvalue weighted by Gasteiger charge is -2.10. The molecule has 0 spiro atoms. The maximum atomic E-state index is 11.9. The minimum absolute atomic E-state index is 0.00140. The summed E-state index contributed by atoms with van der Waals surface area (Å²) in [4.78, 5) is 16.0. The molecule has 1 N–H and O–H groups in total. The van der Waals surface area contributed by atoms with Crippen LogP contribution in [0.4, 0.5) is 11.5 Å². The number of carbonyl (C=O) groups excluding carboxylic acids is 1. The number of hydrogen-bond donors (Lipinski definition) is 1. The molecule has 0 atom stereocenters. The van der Waals surface area contributed by atoms with Crippen molar-refractivity contribution < 1.29 is 9.53 Å². The molecule has 0 aliphatic carbocycles. The summed E-state index contributed by atoms with van der Waals surface area (Å²) >= 11 is 7.41. The highest BCUT2D eigenvalue weighted by molar-refractivity contribution is 7.17. The number of benzene rings is 1. The van der Waals surface area contributed by atoms with Gasteiger partial charge in [0.15, 0.2) is 5.82 Å². The van der Waals surface area contributed by atoms with Gasteiger partial charge in [0.1, 0.15) is 0 Å².